The average Bonchev–Trinajstić information content (AvgIpc) is 3.07. The third-order valence-electron chi connectivity index (χ3n) is 5.10. The van der Waals surface area contributed by atoms with E-state index in [0.29, 0.717) is 42.6 Å². The van der Waals surface area contributed by atoms with Gasteiger partial charge in [0.05, 0.1) is 11.1 Å². The third-order valence-corrected chi connectivity index (χ3v) is 5.10. The summed E-state index contributed by atoms with van der Waals surface area (Å²) in [6.07, 6.45) is 1.49. The minimum Gasteiger partial charge on any atom is -0.368 e. The van der Waals surface area contributed by atoms with Crippen molar-refractivity contribution < 1.29 is 18.4 Å². The highest BCUT2D eigenvalue weighted by Crippen LogP contribution is 2.25. The van der Waals surface area contributed by atoms with E-state index in [1.54, 1.807) is 17.0 Å². The predicted octanol–water partition coefficient (Wildman–Crippen LogP) is 3.54. The van der Waals surface area contributed by atoms with Gasteiger partial charge < -0.3 is 9.80 Å². The predicted molar refractivity (Wildman–Crippen MR) is 103 cm³/mol. The van der Waals surface area contributed by atoms with Gasteiger partial charge in [-0.05, 0) is 42.5 Å². The second-order valence-electron chi connectivity index (χ2n) is 6.85. The number of rotatable bonds is 2. The summed E-state index contributed by atoms with van der Waals surface area (Å²) in [6, 6.07) is 10.4. The van der Waals surface area contributed by atoms with Crippen LogP contribution in [-0.2, 0) is 0 Å². The Balaban J connectivity index is 1.56. The standard InChI is InChI=1S/C21H19F2N3O2/c1-14(27)26-13-19(18-7-4-16(23)12-20(18)26)21(28)25-10-8-24(9-11-25)17-5-2-15(22)3-6-17/h2-7,12-13H,8-11H2,1H3. The molecule has 1 aliphatic heterocycles. The molecule has 0 aliphatic carbocycles. The van der Waals surface area contributed by atoms with Gasteiger partial charge in [0.2, 0.25) is 5.91 Å². The van der Waals surface area contributed by atoms with E-state index in [1.807, 2.05) is 0 Å². The number of carbonyl (C=O) groups excluding carboxylic acids is 2. The molecule has 0 atom stereocenters. The summed E-state index contributed by atoms with van der Waals surface area (Å²) in [5.41, 5.74) is 1.69. The first-order valence-corrected chi connectivity index (χ1v) is 9.05. The van der Waals surface area contributed by atoms with E-state index in [9.17, 15) is 18.4 Å². The van der Waals surface area contributed by atoms with Crippen LogP contribution in [0.1, 0.15) is 22.1 Å². The Morgan fingerprint density at radius 1 is 0.893 bits per heavy atom. The van der Waals surface area contributed by atoms with Gasteiger partial charge in [-0.3, -0.25) is 14.2 Å². The zero-order chi connectivity index (χ0) is 19.8. The van der Waals surface area contributed by atoms with Crippen LogP contribution in [0.3, 0.4) is 0 Å². The van der Waals surface area contributed by atoms with E-state index < -0.39 is 5.82 Å². The second-order valence-corrected chi connectivity index (χ2v) is 6.85. The molecular formula is C21H19F2N3O2. The molecule has 28 heavy (non-hydrogen) atoms. The molecule has 7 heteroatoms. The van der Waals surface area contributed by atoms with Gasteiger partial charge in [0, 0.05) is 50.4 Å². The van der Waals surface area contributed by atoms with E-state index in [1.165, 1.54) is 48.0 Å². The zero-order valence-corrected chi connectivity index (χ0v) is 15.4. The maximum atomic E-state index is 13.6. The fourth-order valence-electron chi connectivity index (χ4n) is 3.62. The van der Waals surface area contributed by atoms with Crippen LogP contribution in [0.4, 0.5) is 14.5 Å². The fourth-order valence-corrected chi connectivity index (χ4v) is 3.62. The van der Waals surface area contributed by atoms with Crippen LogP contribution in [0, 0.1) is 11.6 Å². The summed E-state index contributed by atoms with van der Waals surface area (Å²) in [5.74, 6) is -1.21. The number of halogens is 2. The van der Waals surface area contributed by atoms with E-state index in [4.69, 9.17) is 0 Å². The minimum absolute atomic E-state index is 0.185. The maximum Gasteiger partial charge on any atom is 0.256 e. The Morgan fingerprint density at radius 2 is 1.54 bits per heavy atom. The molecule has 2 heterocycles. The first kappa shape index (κ1) is 18.2. The van der Waals surface area contributed by atoms with Crippen LogP contribution in [0.2, 0.25) is 0 Å². The van der Waals surface area contributed by atoms with Crippen LogP contribution >= 0.6 is 0 Å². The molecule has 0 N–H and O–H groups in total. The van der Waals surface area contributed by atoms with Gasteiger partial charge in [0.1, 0.15) is 11.6 Å². The molecule has 4 rings (SSSR count). The normalized spacial score (nSPS) is 14.5. The monoisotopic (exact) mass is 383 g/mol. The van der Waals surface area contributed by atoms with Gasteiger partial charge >= 0.3 is 0 Å². The SMILES string of the molecule is CC(=O)n1cc(C(=O)N2CCN(c3ccc(F)cc3)CC2)c2ccc(F)cc21. The van der Waals surface area contributed by atoms with Crippen LogP contribution in [0.5, 0.6) is 0 Å². The van der Waals surface area contributed by atoms with Gasteiger partial charge in [-0.1, -0.05) is 0 Å². The number of hydrogen-bond donors (Lipinski definition) is 0. The second kappa shape index (κ2) is 7.07. The van der Waals surface area contributed by atoms with Crippen molar-refractivity contribution in [3.63, 3.8) is 0 Å². The molecule has 1 fully saturated rings. The third kappa shape index (κ3) is 3.24. The van der Waals surface area contributed by atoms with Crippen LogP contribution < -0.4 is 4.90 Å². The smallest absolute Gasteiger partial charge is 0.256 e. The number of piperazine rings is 1. The first-order valence-electron chi connectivity index (χ1n) is 9.05. The van der Waals surface area contributed by atoms with Crippen LogP contribution in [0.25, 0.3) is 10.9 Å². The topological polar surface area (TPSA) is 45.6 Å². The molecule has 0 spiro atoms. The lowest BCUT2D eigenvalue weighted by molar-refractivity contribution is 0.0748. The summed E-state index contributed by atoms with van der Waals surface area (Å²) < 4.78 is 28.0. The Morgan fingerprint density at radius 3 is 2.18 bits per heavy atom. The first-order chi connectivity index (χ1) is 13.4. The summed E-state index contributed by atoms with van der Waals surface area (Å²) >= 11 is 0. The summed E-state index contributed by atoms with van der Waals surface area (Å²) in [7, 11) is 0. The lowest BCUT2D eigenvalue weighted by Gasteiger charge is -2.36. The summed E-state index contributed by atoms with van der Waals surface area (Å²) in [5, 5.41) is 0.558. The highest BCUT2D eigenvalue weighted by atomic mass is 19.1. The molecule has 0 radical (unpaired) electrons. The summed E-state index contributed by atoms with van der Waals surface area (Å²) in [6.45, 7) is 3.63. The van der Waals surface area contributed by atoms with Crippen molar-refractivity contribution in [2.24, 2.45) is 0 Å². The number of fused-ring (bicyclic) bond motifs is 1. The maximum absolute atomic E-state index is 13.6. The molecule has 1 aromatic heterocycles. The van der Waals surface area contributed by atoms with Gasteiger partial charge in [0.25, 0.3) is 5.91 Å². The van der Waals surface area contributed by atoms with E-state index in [-0.39, 0.29) is 17.6 Å². The molecule has 1 aliphatic rings. The van der Waals surface area contributed by atoms with Crippen molar-refractivity contribution in [1.82, 2.24) is 9.47 Å². The Bertz CT molecular complexity index is 1050. The molecule has 1 saturated heterocycles. The molecule has 0 saturated carbocycles. The molecule has 3 aromatic rings. The number of amides is 1. The average molecular weight is 383 g/mol. The quantitative estimate of drug-likeness (QED) is 0.680. The molecule has 5 nitrogen and oxygen atoms in total. The Kier molecular flexibility index (Phi) is 4.58. The van der Waals surface area contributed by atoms with Crippen molar-refractivity contribution in [3.05, 3.63) is 65.9 Å². The largest absolute Gasteiger partial charge is 0.368 e. The Labute approximate surface area is 160 Å². The van der Waals surface area contributed by atoms with Crippen molar-refractivity contribution in [1.29, 1.82) is 0 Å². The number of nitrogens with zero attached hydrogens (tertiary/aromatic N) is 3. The van der Waals surface area contributed by atoms with E-state index in [0.717, 1.165) is 5.69 Å². The number of carbonyl (C=O) groups is 2. The minimum atomic E-state index is -0.458. The van der Waals surface area contributed by atoms with Gasteiger partial charge in [-0.2, -0.15) is 0 Å². The number of anilines is 1. The van der Waals surface area contributed by atoms with E-state index >= 15 is 0 Å². The highest BCUT2D eigenvalue weighted by Gasteiger charge is 2.25. The van der Waals surface area contributed by atoms with Gasteiger partial charge in [-0.25, -0.2) is 8.78 Å². The molecule has 0 unspecified atom stereocenters. The lowest BCUT2D eigenvalue weighted by atomic mass is 10.1. The number of hydrogen-bond acceptors (Lipinski definition) is 3. The summed E-state index contributed by atoms with van der Waals surface area (Å²) in [4.78, 5) is 28.8. The van der Waals surface area contributed by atoms with Crippen molar-refractivity contribution >= 4 is 28.4 Å². The lowest BCUT2D eigenvalue weighted by Crippen LogP contribution is -2.48. The number of aromatic nitrogens is 1. The number of benzene rings is 2. The van der Waals surface area contributed by atoms with Crippen molar-refractivity contribution in [2.75, 3.05) is 31.1 Å². The zero-order valence-electron chi connectivity index (χ0n) is 15.4. The Hall–Kier alpha value is -3.22. The van der Waals surface area contributed by atoms with Crippen molar-refractivity contribution in [3.8, 4) is 0 Å². The molecule has 2 aromatic carbocycles. The molecular weight excluding hydrogens is 364 g/mol. The van der Waals surface area contributed by atoms with Crippen LogP contribution in [-0.4, -0.2) is 47.5 Å². The molecule has 1 amide bonds. The van der Waals surface area contributed by atoms with Gasteiger partial charge in [-0.15, -0.1) is 0 Å². The fraction of sp³-hybridized carbons (Fsp3) is 0.238. The highest BCUT2D eigenvalue weighted by molar-refractivity contribution is 6.09. The van der Waals surface area contributed by atoms with E-state index in [2.05, 4.69) is 4.90 Å². The molecule has 144 valence electrons. The molecule has 0 bridgehead atoms. The van der Waals surface area contributed by atoms with Crippen molar-refractivity contribution in [2.45, 2.75) is 6.92 Å². The van der Waals surface area contributed by atoms with Gasteiger partial charge in [0.15, 0.2) is 0 Å². The van der Waals surface area contributed by atoms with Crippen LogP contribution in [0.15, 0.2) is 48.7 Å².